The van der Waals surface area contributed by atoms with Crippen molar-refractivity contribution in [2.75, 3.05) is 0 Å². The number of amides is 2. The Bertz CT molecular complexity index is 911. The standard InChI is InChI=1S/C25H26N2O2/c1-20(25(29)26-18-22-13-7-3-8-14-22)27(19-23-15-9-4-10-16-23)24(28)17-21-11-5-2-6-12-21/h2-16,20H,17-19H2,1H3,(H,26,29). The number of hydrogen-bond acceptors (Lipinski definition) is 2. The van der Waals surface area contributed by atoms with E-state index in [1.165, 1.54) is 0 Å². The highest BCUT2D eigenvalue weighted by atomic mass is 16.2. The van der Waals surface area contributed by atoms with Gasteiger partial charge in [0.05, 0.1) is 6.42 Å². The normalized spacial score (nSPS) is 11.5. The van der Waals surface area contributed by atoms with Crippen LogP contribution in [-0.4, -0.2) is 22.8 Å². The van der Waals surface area contributed by atoms with Crippen molar-refractivity contribution in [1.82, 2.24) is 10.2 Å². The molecule has 0 aromatic heterocycles. The molecular weight excluding hydrogens is 360 g/mol. The third kappa shape index (κ3) is 6.04. The first-order valence-electron chi connectivity index (χ1n) is 9.82. The minimum absolute atomic E-state index is 0.0672. The second kappa shape index (κ2) is 10.2. The third-order valence-corrected chi connectivity index (χ3v) is 4.87. The van der Waals surface area contributed by atoms with Crippen LogP contribution in [0.1, 0.15) is 23.6 Å². The topological polar surface area (TPSA) is 49.4 Å². The number of nitrogens with zero attached hydrogens (tertiary/aromatic N) is 1. The summed E-state index contributed by atoms with van der Waals surface area (Å²) in [6, 6.07) is 28.6. The quantitative estimate of drug-likeness (QED) is 0.637. The van der Waals surface area contributed by atoms with E-state index in [9.17, 15) is 9.59 Å². The van der Waals surface area contributed by atoms with Crippen LogP contribution in [0, 0.1) is 0 Å². The maximum absolute atomic E-state index is 13.1. The molecule has 1 N–H and O–H groups in total. The monoisotopic (exact) mass is 386 g/mol. The average molecular weight is 386 g/mol. The maximum Gasteiger partial charge on any atom is 0.242 e. The number of nitrogens with one attached hydrogen (secondary N) is 1. The zero-order valence-electron chi connectivity index (χ0n) is 16.6. The van der Waals surface area contributed by atoms with Crippen molar-refractivity contribution in [2.24, 2.45) is 0 Å². The summed E-state index contributed by atoms with van der Waals surface area (Å²) in [6.45, 7) is 2.62. The van der Waals surface area contributed by atoms with Gasteiger partial charge >= 0.3 is 0 Å². The molecule has 0 bridgehead atoms. The van der Waals surface area contributed by atoms with E-state index in [-0.39, 0.29) is 18.2 Å². The SMILES string of the molecule is CC(C(=O)NCc1ccccc1)N(Cc1ccccc1)C(=O)Cc1ccccc1. The van der Waals surface area contributed by atoms with E-state index in [2.05, 4.69) is 5.32 Å². The number of hydrogen-bond donors (Lipinski definition) is 1. The van der Waals surface area contributed by atoms with Gasteiger partial charge in [-0.15, -0.1) is 0 Å². The molecule has 0 aliphatic carbocycles. The van der Waals surface area contributed by atoms with Gasteiger partial charge in [-0.3, -0.25) is 9.59 Å². The smallest absolute Gasteiger partial charge is 0.242 e. The van der Waals surface area contributed by atoms with Crippen LogP contribution in [-0.2, 0) is 29.1 Å². The number of carbonyl (C=O) groups is 2. The molecule has 0 spiro atoms. The second-order valence-electron chi connectivity index (χ2n) is 7.05. The van der Waals surface area contributed by atoms with Gasteiger partial charge in [0.25, 0.3) is 0 Å². The van der Waals surface area contributed by atoms with Gasteiger partial charge in [0, 0.05) is 13.1 Å². The number of carbonyl (C=O) groups excluding carboxylic acids is 2. The van der Waals surface area contributed by atoms with Gasteiger partial charge in [-0.05, 0) is 23.6 Å². The van der Waals surface area contributed by atoms with Crippen LogP contribution in [0.3, 0.4) is 0 Å². The molecule has 0 aliphatic heterocycles. The zero-order chi connectivity index (χ0) is 20.5. The first kappa shape index (κ1) is 20.3. The lowest BCUT2D eigenvalue weighted by molar-refractivity contribution is -0.140. The molecule has 1 unspecified atom stereocenters. The molecule has 0 aliphatic rings. The summed E-state index contributed by atoms with van der Waals surface area (Å²) < 4.78 is 0. The Morgan fingerprint density at radius 2 is 1.24 bits per heavy atom. The zero-order valence-corrected chi connectivity index (χ0v) is 16.6. The van der Waals surface area contributed by atoms with Gasteiger partial charge < -0.3 is 10.2 Å². The fourth-order valence-corrected chi connectivity index (χ4v) is 3.17. The Kier molecular flexibility index (Phi) is 7.17. The van der Waals surface area contributed by atoms with Crippen molar-refractivity contribution >= 4 is 11.8 Å². The van der Waals surface area contributed by atoms with Crippen molar-refractivity contribution in [3.8, 4) is 0 Å². The molecule has 0 saturated heterocycles. The van der Waals surface area contributed by atoms with Crippen LogP contribution in [0.5, 0.6) is 0 Å². The van der Waals surface area contributed by atoms with Gasteiger partial charge in [-0.25, -0.2) is 0 Å². The van der Waals surface area contributed by atoms with Crippen molar-refractivity contribution < 1.29 is 9.59 Å². The highest BCUT2D eigenvalue weighted by Gasteiger charge is 2.26. The van der Waals surface area contributed by atoms with Crippen molar-refractivity contribution in [3.05, 3.63) is 108 Å². The Morgan fingerprint density at radius 3 is 1.79 bits per heavy atom. The minimum atomic E-state index is -0.574. The van der Waals surface area contributed by atoms with E-state index in [1.807, 2.05) is 91.0 Å². The summed E-state index contributed by atoms with van der Waals surface area (Å²) in [5.41, 5.74) is 2.96. The molecule has 3 aromatic carbocycles. The molecule has 2 amide bonds. The maximum atomic E-state index is 13.1. The van der Waals surface area contributed by atoms with E-state index in [1.54, 1.807) is 11.8 Å². The van der Waals surface area contributed by atoms with Gasteiger partial charge in [-0.1, -0.05) is 91.0 Å². The number of benzene rings is 3. The highest BCUT2D eigenvalue weighted by molar-refractivity contribution is 5.88. The molecule has 1 atom stereocenters. The van der Waals surface area contributed by atoms with E-state index in [4.69, 9.17) is 0 Å². The summed E-state index contributed by atoms with van der Waals surface area (Å²) in [5.74, 6) is -0.228. The third-order valence-electron chi connectivity index (χ3n) is 4.87. The van der Waals surface area contributed by atoms with Crippen molar-refractivity contribution in [2.45, 2.75) is 32.5 Å². The van der Waals surface area contributed by atoms with E-state index in [0.29, 0.717) is 13.1 Å². The average Bonchev–Trinajstić information content (AvgIpc) is 2.77. The minimum Gasteiger partial charge on any atom is -0.350 e. The molecule has 148 valence electrons. The molecular formula is C25H26N2O2. The van der Waals surface area contributed by atoms with Gasteiger partial charge in [0.15, 0.2) is 0 Å². The fraction of sp³-hybridized carbons (Fsp3) is 0.200. The second-order valence-corrected chi connectivity index (χ2v) is 7.05. The molecule has 0 radical (unpaired) electrons. The summed E-state index contributed by atoms with van der Waals surface area (Å²) in [5, 5.41) is 2.95. The Balaban J connectivity index is 1.71. The fourth-order valence-electron chi connectivity index (χ4n) is 3.17. The van der Waals surface area contributed by atoms with Crippen LogP contribution in [0.2, 0.25) is 0 Å². The molecule has 29 heavy (non-hydrogen) atoms. The first-order chi connectivity index (χ1) is 14.1. The summed E-state index contributed by atoms with van der Waals surface area (Å²) in [7, 11) is 0. The van der Waals surface area contributed by atoms with E-state index < -0.39 is 6.04 Å². The Morgan fingerprint density at radius 1 is 0.759 bits per heavy atom. The molecule has 0 saturated carbocycles. The first-order valence-corrected chi connectivity index (χ1v) is 9.82. The van der Waals surface area contributed by atoms with Gasteiger partial charge in [0.1, 0.15) is 6.04 Å². The Hall–Kier alpha value is -3.40. The predicted molar refractivity (Wildman–Crippen MR) is 115 cm³/mol. The molecule has 3 rings (SSSR count). The van der Waals surface area contributed by atoms with Crippen LogP contribution < -0.4 is 5.32 Å². The molecule has 4 nitrogen and oxygen atoms in total. The van der Waals surface area contributed by atoms with Crippen LogP contribution in [0.4, 0.5) is 0 Å². The van der Waals surface area contributed by atoms with E-state index >= 15 is 0 Å². The summed E-state index contributed by atoms with van der Waals surface area (Å²) >= 11 is 0. The van der Waals surface area contributed by atoms with Crippen LogP contribution >= 0.6 is 0 Å². The molecule has 3 aromatic rings. The molecule has 0 fully saturated rings. The predicted octanol–water partition coefficient (Wildman–Crippen LogP) is 3.96. The van der Waals surface area contributed by atoms with E-state index in [0.717, 1.165) is 16.7 Å². The van der Waals surface area contributed by atoms with Crippen LogP contribution in [0.25, 0.3) is 0 Å². The summed E-state index contributed by atoms with van der Waals surface area (Å²) in [4.78, 5) is 27.5. The lowest BCUT2D eigenvalue weighted by Gasteiger charge is -2.29. The lowest BCUT2D eigenvalue weighted by atomic mass is 10.1. The van der Waals surface area contributed by atoms with Crippen molar-refractivity contribution in [1.29, 1.82) is 0 Å². The highest BCUT2D eigenvalue weighted by Crippen LogP contribution is 2.12. The molecule has 0 heterocycles. The number of rotatable bonds is 8. The largest absolute Gasteiger partial charge is 0.350 e. The van der Waals surface area contributed by atoms with Crippen LogP contribution in [0.15, 0.2) is 91.0 Å². The summed E-state index contributed by atoms with van der Waals surface area (Å²) in [6.07, 6.45) is 0.268. The molecule has 4 heteroatoms. The lowest BCUT2D eigenvalue weighted by Crippen LogP contribution is -2.47. The van der Waals surface area contributed by atoms with Crippen molar-refractivity contribution in [3.63, 3.8) is 0 Å². The Labute approximate surface area is 172 Å². The van der Waals surface area contributed by atoms with Gasteiger partial charge in [-0.2, -0.15) is 0 Å². The van der Waals surface area contributed by atoms with Gasteiger partial charge in [0.2, 0.25) is 11.8 Å².